The van der Waals surface area contributed by atoms with Crippen molar-refractivity contribution in [3.8, 4) is 11.1 Å². The summed E-state index contributed by atoms with van der Waals surface area (Å²) >= 11 is 0. The van der Waals surface area contributed by atoms with Crippen LogP contribution in [0.2, 0.25) is 0 Å². The Balaban J connectivity index is 1.49. The van der Waals surface area contributed by atoms with Crippen molar-refractivity contribution in [1.29, 1.82) is 0 Å². The van der Waals surface area contributed by atoms with Crippen LogP contribution in [0.25, 0.3) is 11.1 Å². The molecule has 0 radical (unpaired) electrons. The van der Waals surface area contributed by atoms with Crippen LogP contribution in [0, 0.1) is 5.92 Å². The molecule has 0 unspecified atom stereocenters. The molecule has 0 saturated heterocycles. The van der Waals surface area contributed by atoms with Gasteiger partial charge in [-0.15, -0.1) is 0 Å². The maximum Gasteiger partial charge on any atom is 0.336 e. The van der Waals surface area contributed by atoms with Crippen molar-refractivity contribution in [2.45, 2.75) is 64.8 Å². The van der Waals surface area contributed by atoms with E-state index >= 15 is 0 Å². The Morgan fingerprint density at radius 3 is 2.58 bits per heavy atom. The first-order valence-electron chi connectivity index (χ1n) is 12.1. The SMILES string of the molecule is C/C=C/Cc1nc(CCC2CCCCC2)nn1Cc1ccc(-c2ccccc2C(=O)O)cc1. The van der Waals surface area contributed by atoms with Gasteiger partial charge in [0.15, 0.2) is 5.82 Å². The number of aromatic carboxylic acids is 1. The van der Waals surface area contributed by atoms with Crippen LogP contribution < -0.4 is 0 Å². The van der Waals surface area contributed by atoms with Crippen LogP contribution in [-0.4, -0.2) is 25.8 Å². The van der Waals surface area contributed by atoms with Gasteiger partial charge in [-0.05, 0) is 42.0 Å². The molecule has 33 heavy (non-hydrogen) atoms. The van der Waals surface area contributed by atoms with Gasteiger partial charge < -0.3 is 5.11 Å². The van der Waals surface area contributed by atoms with Crippen molar-refractivity contribution < 1.29 is 9.90 Å². The van der Waals surface area contributed by atoms with Gasteiger partial charge in [0.25, 0.3) is 0 Å². The molecule has 1 fully saturated rings. The normalized spacial score (nSPS) is 14.7. The quantitative estimate of drug-likeness (QED) is 0.393. The monoisotopic (exact) mass is 443 g/mol. The molecule has 5 heteroatoms. The number of aryl methyl sites for hydroxylation is 1. The van der Waals surface area contributed by atoms with Crippen LogP contribution in [0.5, 0.6) is 0 Å². The Hall–Kier alpha value is -3.21. The van der Waals surface area contributed by atoms with Gasteiger partial charge in [-0.25, -0.2) is 14.5 Å². The van der Waals surface area contributed by atoms with Crippen LogP contribution in [0.4, 0.5) is 0 Å². The topological polar surface area (TPSA) is 68.0 Å². The van der Waals surface area contributed by atoms with Crippen molar-refractivity contribution in [2.75, 3.05) is 0 Å². The largest absolute Gasteiger partial charge is 0.478 e. The summed E-state index contributed by atoms with van der Waals surface area (Å²) in [6.45, 7) is 2.68. The highest BCUT2D eigenvalue weighted by molar-refractivity contribution is 5.95. The lowest BCUT2D eigenvalue weighted by atomic mass is 9.86. The molecule has 0 atom stereocenters. The fraction of sp³-hybridized carbons (Fsp3) is 0.393. The number of allylic oxidation sites excluding steroid dienone is 2. The summed E-state index contributed by atoms with van der Waals surface area (Å²) in [5, 5.41) is 14.3. The van der Waals surface area contributed by atoms with Crippen LogP contribution in [0.15, 0.2) is 60.7 Å². The first kappa shape index (κ1) is 23.0. The van der Waals surface area contributed by atoms with Crippen LogP contribution in [-0.2, 0) is 19.4 Å². The van der Waals surface area contributed by atoms with Gasteiger partial charge in [0.05, 0.1) is 12.1 Å². The van der Waals surface area contributed by atoms with E-state index in [0.717, 1.165) is 47.1 Å². The van der Waals surface area contributed by atoms with E-state index in [0.29, 0.717) is 12.1 Å². The Labute approximate surface area is 196 Å². The van der Waals surface area contributed by atoms with E-state index in [1.54, 1.807) is 12.1 Å². The molecule has 0 spiro atoms. The lowest BCUT2D eigenvalue weighted by molar-refractivity contribution is 0.0697. The number of carbonyl (C=O) groups is 1. The minimum atomic E-state index is -0.910. The predicted molar refractivity (Wildman–Crippen MR) is 131 cm³/mol. The molecule has 5 nitrogen and oxygen atoms in total. The molecule has 2 aromatic carbocycles. The first-order valence-corrected chi connectivity index (χ1v) is 12.1. The molecule has 0 amide bonds. The van der Waals surface area contributed by atoms with Crippen LogP contribution in [0.1, 0.15) is 73.0 Å². The van der Waals surface area contributed by atoms with E-state index in [1.807, 2.05) is 35.9 Å². The number of carboxylic acids is 1. The third-order valence-electron chi connectivity index (χ3n) is 6.58. The summed E-state index contributed by atoms with van der Waals surface area (Å²) in [5.74, 6) is 1.86. The third kappa shape index (κ3) is 5.98. The van der Waals surface area contributed by atoms with Crippen LogP contribution >= 0.6 is 0 Å². The van der Waals surface area contributed by atoms with Gasteiger partial charge in [-0.2, -0.15) is 5.10 Å². The number of carboxylic acid groups (broad SMARTS) is 1. The van der Waals surface area contributed by atoms with Gasteiger partial charge in [0, 0.05) is 12.8 Å². The zero-order valence-corrected chi connectivity index (χ0v) is 19.4. The first-order chi connectivity index (χ1) is 16.1. The lowest BCUT2D eigenvalue weighted by Gasteiger charge is -2.20. The van der Waals surface area contributed by atoms with Gasteiger partial charge >= 0.3 is 5.97 Å². The summed E-state index contributed by atoms with van der Waals surface area (Å²) in [4.78, 5) is 16.4. The minimum absolute atomic E-state index is 0.317. The van der Waals surface area contributed by atoms with Gasteiger partial charge in [0.1, 0.15) is 5.82 Å². The summed E-state index contributed by atoms with van der Waals surface area (Å²) in [6.07, 6.45) is 13.9. The standard InChI is InChI=1S/C28H33N3O2/c1-2-3-13-27-29-26(19-16-21-9-5-4-6-10-21)30-31(27)20-22-14-17-23(18-15-22)24-11-7-8-12-25(24)28(32)33/h2-3,7-8,11-12,14-15,17-18,21H,4-6,9-10,13,16,19-20H2,1H3,(H,32,33)/b3-2+. The number of benzene rings is 2. The van der Waals surface area contributed by atoms with Crippen molar-refractivity contribution in [2.24, 2.45) is 5.92 Å². The minimum Gasteiger partial charge on any atom is -0.478 e. The number of rotatable bonds is 9. The Kier molecular flexibility index (Phi) is 7.71. The molecular weight excluding hydrogens is 410 g/mol. The van der Waals surface area contributed by atoms with E-state index in [1.165, 1.54) is 38.5 Å². The number of hydrogen-bond acceptors (Lipinski definition) is 3. The average Bonchev–Trinajstić information content (AvgIpc) is 3.24. The summed E-state index contributed by atoms with van der Waals surface area (Å²) in [6, 6.07) is 15.2. The highest BCUT2D eigenvalue weighted by atomic mass is 16.4. The molecule has 1 saturated carbocycles. The second kappa shape index (κ2) is 11.1. The molecule has 4 rings (SSSR count). The smallest absolute Gasteiger partial charge is 0.336 e. The van der Waals surface area contributed by atoms with E-state index in [2.05, 4.69) is 24.3 Å². The fourth-order valence-electron chi connectivity index (χ4n) is 4.73. The maximum atomic E-state index is 11.6. The summed E-state index contributed by atoms with van der Waals surface area (Å²) in [7, 11) is 0. The van der Waals surface area contributed by atoms with E-state index < -0.39 is 5.97 Å². The Morgan fingerprint density at radius 2 is 1.85 bits per heavy atom. The number of hydrogen-bond donors (Lipinski definition) is 1. The molecule has 1 heterocycles. The second-order valence-corrected chi connectivity index (χ2v) is 8.97. The van der Waals surface area contributed by atoms with Crippen molar-refractivity contribution in [1.82, 2.24) is 14.8 Å². The van der Waals surface area contributed by atoms with Crippen molar-refractivity contribution in [3.05, 3.63) is 83.5 Å². The average molecular weight is 444 g/mol. The van der Waals surface area contributed by atoms with E-state index in [-0.39, 0.29) is 0 Å². The number of nitrogens with zero attached hydrogens (tertiary/aromatic N) is 3. The van der Waals surface area contributed by atoms with Crippen LogP contribution in [0.3, 0.4) is 0 Å². The Morgan fingerprint density at radius 1 is 1.09 bits per heavy atom. The molecule has 0 bridgehead atoms. The van der Waals surface area contributed by atoms with E-state index in [4.69, 9.17) is 10.1 Å². The summed E-state index contributed by atoms with van der Waals surface area (Å²) in [5.41, 5.74) is 3.07. The fourth-order valence-corrected chi connectivity index (χ4v) is 4.73. The highest BCUT2D eigenvalue weighted by Crippen LogP contribution is 2.27. The molecule has 1 aliphatic carbocycles. The van der Waals surface area contributed by atoms with Gasteiger partial charge in [-0.1, -0.05) is 86.7 Å². The highest BCUT2D eigenvalue weighted by Gasteiger charge is 2.16. The van der Waals surface area contributed by atoms with Crippen molar-refractivity contribution >= 4 is 5.97 Å². The molecule has 0 aliphatic heterocycles. The maximum absolute atomic E-state index is 11.6. The molecule has 1 N–H and O–H groups in total. The van der Waals surface area contributed by atoms with Gasteiger partial charge in [0.2, 0.25) is 0 Å². The second-order valence-electron chi connectivity index (χ2n) is 8.97. The zero-order valence-electron chi connectivity index (χ0n) is 19.4. The predicted octanol–water partition coefficient (Wildman–Crippen LogP) is 6.32. The summed E-state index contributed by atoms with van der Waals surface area (Å²) < 4.78 is 2.02. The molecule has 1 aliphatic rings. The van der Waals surface area contributed by atoms with Gasteiger partial charge in [-0.3, -0.25) is 0 Å². The lowest BCUT2D eigenvalue weighted by Crippen LogP contribution is -2.08. The molecular formula is C28H33N3O2. The molecule has 3 aromatic rings. The molecule has 1 aromatic heterocycles. The number of aromatic nitrogens is 3. The Bertz CT molecular complexity index is 1090. The van der Waals surface area contributed by atoms with E-state index in [9.17, 15) is 9.90 Å². The molecule has 172 valence electrons. The zero-order chi connectivity index (χ0) is 23.0. The third-order valence-corrected chi connectivity index (χ3v) is 6.58. The van der Waals surface area contributed by atoms with Crippen molar-refractivity contribution in [3.63, 3.8) is 0 Å².